The van der Waals surface area contributed by atoms with E-state index in [9.17, 15) is 0 Å². The summed E-state index contributed by atoms with van der Waals surface area (Å²) in [5.41, 5.74) is 3.80. The molecule has 1 aliphatic rings. The smallest absolute Gasteiger partial charge is 0.148 e. The molecule has 2 unspecified atom stereocenters. The summed E-state index contributed by atoms with van der Waals surface area (Å²) in [6, 6.07) is 0. The molecule has 5 nitrogen and oxygen atoms in total. The Morgan fingerprint density at radius 1 is 1.32 bits per heavy atom. The molecule has 1 saturated heterocycles. The second-order valence-electron chi connectivity index (χ2n) is 5.42. The van der Waals surface area contributed by atoms with E-state index in [2.05, 4.69) is 48.0 Å². The maximum absolute atomic E-state index is 5.58. The largest absolute Gasteiger partial charge is 0.354 e. The van der Waals surface area contributed by atoms with Crippen LogP contribution in [0.3, 0.4) is 0 Å². The van der Waals surface area contributed by atoms with Crippen LogP contribution in [-0.4, -0.2) is 33.6 Å². The maximum atomic E-state index is 5.58. The van der Waals surface area contributed by atoms with Crippen LogP contribution in [0.15, 0.2) is 6.33 Å². The van der Waals surface area contributed by atoms with Crippen molar-refractivity contribution in [3.05, 3.63) is 11.9 Å². The lowest BCUT2D eigenvalue weighted by molar-refractivity contribution is 0.704. The highest BCUT2D eigenvalue weighted by molar-refractivity contribution is 8.00. The average Bonchev–Trinajstić information content (AvgIpc) is 2.36. The second-order valence-corrected chi connectivity index (χ2v) is 7.30. The first-order valence-electron chi connectivity index (χ1n) is 6.74. The minimum absolute atomic E-state index is 0.336. The van der Waals surface area contributed by atoms with Crippen molar-refractivity contribution in [3.8, 4) is 0 Å². The molecule has 1 fully saturated rings. The van der Waals surface area contributed by atoms with Gasteiger partial charge in [0.1, 0.15) is 18.0 Å². The summed E-state index contributed by atoms with van der Waals surface area (Å²) >= 11 is 2.04. The summed E-state index contributed by atoms with van der Waals surface area (Å²) in [5, 5.41) is 1.24. The number of nitrogen functional groups attached to an aromatic ring is 1. The van der Waals surface area contributed by atoms with Crippen molar-refractivity contribution < 1.29 is 0 Å². The Bertz CT molecular complexity index is 427. The lowest BCUT2D eigenvalue weighted by Gasteiger charge is -2.36. The van der Waals surface area contributed by atoms with Gasteiger partial charge in [0.25, 0.3) is 0 Å². The van der Waals surface area contributed by atoms with Crippen LogP contribution in [0.2, 0.25) is 0 Å². The Labute approximate surface area is 119 Å². The molecule has 1 aliphatic heterocycles. The zero-order valence-corrected chi connectivity index (χ0v) is 12.9. The van der Waals surface area contributed by atoms with E-state index in [1.165, 1.54) is 0 Å². The first kappa shape index (κ1) is 14.4. The van der Waals surface area contributed by atoms with Gasteiger partial charge in [-0.2, -0.15) is 11.8 Å². The molecule has 19 heavy (non-hydrogen) atoms. The number of thioether (sulfide) groups is 1. The lowest BCUT2D eigenvalue weighted by atomic mass is 10.0. The fourth-order valence-electron chi connectivity index (χ4n) is 2.64. The summed E-state index contributed by atoms with van der Waals surface area (Å²) < 4.78 is 0. The van der Waals surface area contributed by atoms with E-state index in [0.717, 1.165) is 30.3 Å². The number of nitrogens with zero attached hydrogens (tertiary/aromatic N) is 3. The van der Waals surface area contributed by atoms with E-state index in [-0.39, 0.29) is 0 Å². The fraction of sp³-hybridized carbons (Fsp3) is 0.692. The summed E-state index contributed by atoms with van der Waals surface area (Å²) in [7, 11) is 0. The normalized spacial score (nSPS) is 23.8. The van der Waals surface area contributed by atoms with Gasteiger partial charge in [-0.05, 0) is 5.92 Å². The van der Waals surface area contributed by atoms with Gasteiger partial charge in [0.05, 0.1) is 0 Å². The van der Waals surface area contributed by atoms with Crippen LogP contribution >= 0.6 is 11.8 Å². The van der Waals surface area contributed by atoms with Crippen molar-refractivity contribution in [2.45, 2.75) is 44.1 Å². The van der Waals surface area contributed by atoms with Crippen LogP contribution in [0.4, 0.5) is 11.6 Å². The number of hydrazine groups is 1. The van der Waals surface area contributed by atoms with Gasteiger partial charge in [0.15, 0.2) is 0 Å². The summed E-state index contributed by atoms with van der Waals surface area (Å²) in [4.78, 5) is 11.1. The molecule has 6 heteroatoms. The van der Waals surface area contributed by atoms with Crippen molar-refractivity contribution in [1.82, 2.24) is 9.97 Å². The Morgan fingerprint density at radius 3 is 2.47 bits per heavy atom. The van der Waals surface area contributed by atoms with Gasteiger partial charge in [0, 0.05) is 29.2 Å². The molecular weight excluding hydrogens is 258 g/mol. The van der Waals surface area contributed by atoms with Crippen LogP contribution in [0.1, 0.15) is 39.2 Å². The highest BCUT2D eigenvalue weighted by Gasteiger charge is 2.26. The fourth-order valence-corrected chi connectivity index (χ4v) is 3.96. The van der Waals surface area contributed by atoms with Crippen LogP contribution in [0.5, 0.6) is 0 Å². The van der Waals surface area contributed by atoms with E-state index in [0.29, 0.717) is 16.4 Å². The lowest BCUT2D eigenvalue weighted by Crippen LogP contribution is -2.41. The minimum Gasteiger partial charge on any atom is -0.354 e. The van der Waals surface area contributed by atoms with Gasteiger partial charge in [-0.1, -0.05) is 27.7 Å². The minimum atomic E-state index is 0.336. The molecule has 2 heterocycles. The van der Waals surface area contributed by atoms with E-state index >= 15 is 0 Å². The molecule has 0 saturated carbocycles. The number of nitrogens with one attached hydrogen (secondary N) is 1. The van der Waals surface area contributed by atoms with Gasteiger partial charge in [-0.25, -0.2) is 15.8 Å². The van der Waals surface area contributed by atoms with Gasteiger partial charge in [0.2, 0.25) is 0 Å². The van der Waals surface area contributed by atoms with E-state index in [1.54, 1.807) is 6.33 Å². The maximum Gasteiger partial charge on any atom is 0.148 e. The number of hydrogen-bond donors (Lipinski definition) is 2. The van der Waals surface area contributed by atoms with Gasteiger partial charge >= 0.3 is 0 Å². The Morgan fingerprint density at radius 2 is 1.95 bits per heavy atom. The molecule has 0 bridgehead atoms. The molecule has 1 aromatic rings. The molecular formula is C13H23N5S. The van der Waals surface area contributed by atoms with E-state index in [4.69, 9.17) is 5.84 Å². The first-order valence-corrected chi connectivity index (χ1v) is 7.69. The highest BCUT2D eigenvalue weighted by Crippen LogP contribution is 2.34. The average molecular weight is 281 g/mol. The van der Waals surface area contributed by atoms with E-state index in [1.807, 2.05) is 11.8 Å². The van der Waals surface area contributed by atoms with Crippen molar-refractivity contribution >= 4 is 23.4 Å². The topological polar surface area (TPSA) is 67.1 Å². The predicted octanol–water partition coefficient (Wildman–Crippen LogP) is 2.22. The van der Waals surface area contributed by atoms with Crippen molar-refractivity contribution in [1.29, 1.82) is 0 Å². The molecule has 3 N–H and O–H groups in total. The molecule has 2 atom stereocenters. The standard InChI is InChI=1S/C13H23N5S/c1-8(2)11-12(17-14)15-7-16-13(11)18-5-9(3)19-10(4)6-18/h7-10H,5-6,14H2,1-4H3,(H,15,16,17). The van der Waals surface area contributed by atoms with Crippen molar-refractivity contribution in [2.24, 2.45) is 5.84 Å². The van der Waals surface area contributed by atoms with Crippen LogP contribution < -0.4 is 16.2 Å². The SMILES string of the molecule is CC1CN(c2ncnc(NN)c2C(C)C)CC(C)S1. The third-order valence-electron chi connectivity index (χ3n) is 3.30. The van der Waals surface area contributed by atoms with Crippen LogP contribution in [0, 0.1) is 0 Å². The van der Waals surface area contributed by atoms with Gasteiger partial charge < -0.3 is 10.3 Å². The Hall–Kier alpha value is -1.01. The summed E-state index contributed by atoms with van der Waals surface area (Å²) in [6.45, 7) is 10.9. The van der Waals surface area contributed by atoms with E-state index < -0.39 is 0 Å². The van der Waals surface area contributed by atoms with Gasteiger partial charge in [-0.3, -0.25) is 0 Å². The first-order chi connectivity index (χ1) is 9.02. The third-order valence-corrected chi connectivity index (χ3v) is 4.52. The zero-order chi connectivity index (χ0) is 14.0. The monoisotopic (exact) mass is 281 g/mol. The predicted molar refractivity (Wildman–Crippen MR) is 82.7 cm³/mol. The van der Waals surface area contributed by atoms with Gasteiger partial charge in [-0.15, -0.1) is 0 Å². The van der Waals surface area contributed by atoms with Crippen LogP contribution in [-0.2, 0) is 0 Å². The molecule has 0 aromatic carbocycles. The Kier molecular flexibility index (Phi) is 4.52. The second kappa shape index (κ2) is 5.96. The molecule has 0 amide bonds. The molecule has 0 spiro atoms. The zero-order valence-electron chi connectivity index (χ0n) is 12.1. The quantitative estimate of drug-likeness (QED) is 0.654. The number of hydrogen-bond acceptors (Lipinski definition) is 6. The number of aromatic nitrogens is 2. The molecule has 2 rings (SSSR count). The van der Waals surface area contributed by atoms with Crippen molar-refractivity contribution in [2.75, 3.05) is 23.4 Å². The molecule has 106 valence electrons. The number of rotatable bonds is 3. The number of nitrogens with two attached hydrogens (primary N) is 1. The van der Waals surface area contributed by atoms with Crippen molar-refractivity contribution in [3.63, 3.8) is 0 Å². The molecule has 0 radical (unpaired) electrons. The third kappa shape index (κ3) is 3.12. The summed E-state index contributed by atoms with van der Waals surface area (Å²) in [6.07, 6.45) is 1.59. The van der Waals surface area contributed by atoms with Crippen LogP contribution in [0.25, 0.3) is 0 Å². The highest BCUT2D eigenvalue weighted by atomic mass is 32.2. The molecule has 0 aliphatic carbocycles. The number of anilines is 2. The molecule has 1 aromatic heterocycles. The summed E-state index contributed by atoms with van der Waals surface area (Å²) in [5.74, 6) is 7.67. The Balaban J connectivity index is 2.38.